The molecule has 0 spiro atoms. The van der Waals surface area contributed by atoms with Crippen LogP contribution in [0.25, 0.3) is 10.8 Å². The van der Waals surface area contributed by atoms with Gasteiger partial charge in [-0.25, -0.2) is 0 Å². The summed E-state index contributed by atoms with van der Waals surface area (Å²) in [5.74, 6) is 0.244. The fraction of sp³-hybridized carbons (Fsp3) is 0.138. The molecule has 8 N–H and O–H groups in total. The molecule has 19 nitrogen and oxygen atoms in total. The molecular weight excluding hydrogens is 800 g/mol. The molecular formula is C29H27ClN8O11S4. The summed E-state index contributed by atoms with van der Waals surface area (Å²) >= 11 is 7.74. The van der Waals surface area contributed by atoms with Crippen molar-refractivity contribution in [3.05, 3.63) is 72.0 Å². The van der Waals surface area contributed by atoms with Crippen LogP contribution >= 0.6 is 23.4 Å². The van der Waals surface area contributed by atoms with E-state index in [-0.39, 0.29) is 34.9 Å². The number of aromatic nitrogens is 3. The number of para-hydroxylation sites is 1. The lowest BCUT2D eigenvalue weighted by molar-refractivity contribution is 0.322. The summed E-state index contributed by atoms with van der Waals surface area (Å²) < 4.78 is 102. The molecule has 0 aliphatic rings. The van der Waals surface area contributed by atoms with Crippen LogP contribution in [0.3, 0.4) is 0 Å². The van der Waals surface area contributed by atoms with Crippen LogP contribution in [0.15, 0.2) is 91.6 Å². The standard InChI is InChI=1S/C29H27ClN8O11S4/c30-27-33-28(35-29(34-27)38(8-10-50-11-9-39)18-4-2-1-3-5-18)32-17-6-7-20(22(14-17)52(44,45)46)36-37-26-24-16(13-23(25(26)31)53(47,48)49)12-19(15-21(24)40)51(41,42)43/h1-7,12-15,39-40H,8-11,31H2,(H,41,42,43)(H,44,45,46)(H,47,48,49)(H,32,33,34,35). The van der Waals surface area contributed by atoms with E-state index in [1.54, 1.807) is 4.90 Å². The van der Waals surface area contributed by atoms with E-state index in [9.17, 15) is 44.0 Å². The van der Waals surface area contributed by atoms with Crippen LogP contribution in [0.4, 0.5) is 40.3 Å². The molecule has 280 valence electrons. The lowest BCUT2D eigenvalue weighted by Crippen LogP contribution is -2.23. The molecule has 0 amide bonds. The number of hydrogen-bond donors (Lipinski definition) is 7. The number of benzene rings is 4. The number of nitrogens with two attached hydrogens (primary N) is 1. The first-order chi connectivity index (χ1) is 24.9. The molecule has 5 rings (SSSR count). The number of nitrogens with one attached hydrogen (secondary N) is 1. The first-order valence-corrected chi connectivity index (χ1v) is 20.5. The number of nitrogen functional groups attached to an aromatic ring is 1. The summed E-state index contributed by atoms with van der Waals surface area (Å²) in [6.07, 6.45) is 0. The molecule has 4 aromatic carbocycles. The Balaban J connectivity index is 1.56. The molecule has 53 heavy (non-hydrogen) atoms. The number of aliphatic hydroxyl groups excluding tert-OH is 1. The Labute approximate surface area is 310 Å². The van der Waals surface area contributed by atoms with Crippen LogP contribution in [-0.2, 0) is 30.4 Å². The van der Waals surface area contributed by atoms with Gasteiger partial charge in [0.05, 0.1) is 22.6 Å². The lowest BCUT2D eigenvalue weighted by Gasteiger charge is -2.23. The third-order valence-corrected chi connectivity index (χ3v) is 10.8. The zero-order chi connectivity index (χ0) is 38.7. The quantitative estimate of drug-likeness (QED) is 0.0344. The van der Waals surface area contributed by atoms with Crippen molar-refractivity contribution in [1.82, 2.24) is 15.0 Å². The zero-order valence-electron chi connectivity index (χ0n) is 26.6. The fourth-order valence-corrected chi connectivity index (χ4v) is 7.47. The molecule has 1 heterocycles. The number of anilines is 5. The Morgan fingerprint density at radius 3 is 2.17 bits per heavy atom. The van der Waals surface area contributed by atoms with Crippen molar-refractivity contribution in [3.8, 4) is 5.75 Å². The van der Waals surface area contributed by atoms with Crippen molar-refractivity contribution in [3.63, 3.8) is 0 Å². The average molecular weight is 827 g/mol. The van der Waals surface area contributed by atoms with Gasteiger partial charge in [0.15, 0.2) is 0 Å². The Hall–Kier alpha value is -4.72. The summed E-state index contributed by atoms with van der Waals surface area (Å²) in [6.45, 7) is 0.414. The summed E-state index contributed by atoms with van der Waals surface area (Å²) in [5.41, 5.74) is 4.73. The first-order valence-electron chi connectivity index (χ1n) is 14.6. The van der Waals surface area contributed by atoms with Crippen molar-refractivity contribution >= 4 is 105 Å². The maximum atomic E-state index is 12.5. The van der Waals surface area contributed by atoms with E-state index in [1.807, 2.05) is 30.3 Å². The molecule has 0 aliphatic carbocycles. The minimum Gasteiger partial charge on any atom is -0.507 e. The highest BCUT2D eigenvalue weighted by Gasteiger charge is 2.25. The fourth-order valence-electron chi connectivity index (χ4n) is 4.84. The number of nitrogens with zero attached hydrogens (tertiary/aromatic N) is 6. The van der Waals surface area contributed by atoms with Gasteiger partial charge in [0.25, 0.3) is 30.4 Å². The van der Waals surface area contributed by atoms with Crippen molar-refractivity contribution in [2.45, 2.75) is 14.7 Å². The summed E-state index contributed by atoms with van der Waals surface area (Å²) in [5, 5.41) is 29.2. The molecule has 1 aromatic heterocycles. The second kappa shape index (κ2) is 15.7. The van der Waals surface area contributed by atoms with Gasteiger partial charge in [-0.15, -0.1) is 10.2 Å². The third-order valence-electron chi connectivity index (χ3n) is 7.09. The lowest BCUT2D eigenvalue weighted by atomic mass is 10.1. The molecule has 0 unspecified atom stereocenters. The number of rotatable bonds is 14. The maximum Gasteiger partial charge on any atom is 0.296 e. The zero-order valence-corrected chi connectivity index (χ0v) is 30.7. The van der Waals surface area contributed by atoms with Gasteiger partial charge in [0, 0.05) is 35.5 Å². The summed E-state index contributed by atoms with van der Waals surface area (Å²) in [4.78, 5) is 11.8. The first kappa shape index (κ1) is 39.5. The minimum atomic E-state index is -5.10. The van der Waals surface area contributed by atoms with Gasteiger partial charge >= 0.3 is 0 Å². The Morgan fingerprint density at radius 1 is 0.830 bits per heavy atom. The molecule has 24 heteroatoms. The number of phenolic OH excluding ortho intramolecular Hbond substituents is 1. The normalized spacial score (nSPS) is 12.4. The Morgan fingerprint density at radius 2 is 1.53 bits per heavy atom. The summed E-state index contributed by atoms with van der Waals surface area (Å²) in [6, 6.07) is 14.5. The van der Waals surface area contributed by atoms with Crippen LogP contribution in [0.2, 0.25) is 5.28 Å². The van der Waals surface area contributed by atoms with Gasteiger partial charge in [0.2, 0.25) is 17.2 Å². The highest BCUT2D eigenvalue weighted by molar-refractivity contribution is 7.99. The number of thioether (sulfide) groups is 1. The number of aliphatic hydroxyl groups is 1. The van der Waals surface area contributed by atoms with E-state index in [4.69, 9.17) is 22.4 Å². The number of aromatic hydroxyl groups is 1. The molecule has 0 fully saturated rings. The van der Waals surface area contributed by atoms with Crippen molar-refractivity contribution < 1.29 is 49.1 Å². The predicted molar refractivity (Wildman–Crippen MR) is 196 cm³/mol. The predicted octanol–water partition coefficient (Wildman–Crippen LogP) is 4.73. The van der Waals surface area contributed by atoms with Gasteiger partial charge in [-0.1, -0.05) is 18.2 Å². The van der Waals surface area contributed by atoms with Crippen LogP contribution in [0, 0.1) is 0 Å². The van der Waals surface area contributed by atoms with Crippen LogP contribution in [0.5, 0.6) is 5.75 Å². The SMILES string of the molecule is Nc1c(S(=O)(=O)O)cc2cc(S(=O)(=O)O)cc(O)c2c1N=Nc1ccc(Nc2nc(Cl)nc(N(CCSCCO)c3ccccc3)n2)cc1S(=O)(=O)O. The molecule has 0 saturated heterocycles. The van der Waals surface area contributed by atoms with Crippen LogP contribution in [0.1, 0.15) is 0 Å². The van der Waals surface area contributed by atoms with Crippen molar-refractivity contribution in [1.29, 1.82) is 0 Å². The highest BCUT2D eigenvalue weighted by atomic mass is 35.5. The minimum absolute atomic E-state index is 0.00303. The molecule has 0 atom stereocenters. The number of phenols is 1. The van der Waals surface area contributed by atoms with Gasteiger partial charge < -0.3 is 26.2 Å². The smallest absolute Gasteiger partial charge is 0.296 e. The van der Waals surface area contributed by atoms with E-state index in [0.29, 0.717) is 30.2 Å². The molecule has 0 aliphatic heterocycles. The number of fused-ring (bicyclic) bond motifs is 1. The average Bonchev–Trinajstić information content (AvgIpc) is 3.07. The molecule has 0 saturated carbocycles. The van der Waals surface area contributed by atoms with Crippen LogP contribution in [-0.4, -0.2) is 88.7 Å². The monoisotopic (exact) mass is 826 g/mol. The Bertz CT molecular complexity index is 2570. The largest absolute Gasteiger partial charge is 0.507 e. The number of hydrogen-bond acceptors (Lipinski definition) is 17. The second-order valence-corrected chi connectivity index (χ2v) is 16.4. The van der Waals surface area contributed by atoms with Gasteiger partial charge in [-0.05, 0) is 59.5 Å². The topological polar surface area (TPSA) is 308 Å². The second-order valence-electron chi connectivity index (χ2n) is 10.7. The number of azo groups is 1. The van der Waals surface area contributed by atoms with Crippen molar-refractivity contribution in [2.24, 2.45) is 10.2 Å². The Kier molecular flexibility index (Phi) is 11.7. The van der Waals surface area contributed by atoms with E-state index in [2.05, 4.69) is 30.5 Å². The maximum absolute atomic E-state index is 12.5. The highest BCUT2D eigenvalue weighted by Crippen LogP contribution is 2.44. The third kappa shape index (κ3) is 9.45. The molecule has 5 aromatic rings. The van der Waals surface area contributed by atoms with E-state index >= 15 is 0 Å². The summed E-state index contributed by atoms with van der Waals surface area (Å²) in [7, 11) is -15.1. The van der Waals surface area contributed by atoms with E-state index < -0.39 is 73.2 Å². The molecule has 0 bridgehead atoms. The van der Waals surface area contributed by atoms with E-state index in [1.165, 1.54) is 17.8 Å². The molecule has 0 radical (unpaired) electrons. The van der Waals surface area contributed by atoms with Gasteiger partial charge in [-0.3, -0.25) is 13.7 Å². The van der Waals surface area contributed by atoms with Gasteiger partial charge in [0.1, 0.15) is 26.9 Å². The van der Waals surface area contributed by atoms with Crippen molar-refractivity contribution in [2.75, 3.05) is 40.6 Å². The number of halogens is 1. The van der Waals surface area contributed by atoms with E-state index in [0.717, 1.165) is 23.9 Å². The van der Waals surface area contributed by atoms with Crippen LogP contribution < -0.4 is 16.0 Å². The van der Waals surface area contributed by atoms with Gasteiger partial charge in [-0.2, -0.15) is 52.0 Å².